The zero-order valence-corrected chi connectivity index (χ0v) is 36.6. The molecule has 7 rings (SSSR count). The normalized spacial score (nSPS) is 13.0. The molecule has 3 aromatic carbocycles. The van der Waals surface area contributed by atoms with Crippen molar-refractivity contribution in [2.45, 2.75) is 13.1 Å². The zero-order valence-electron chi connectivity index (χ0n) is 31.3. The standard InChI is InChI=1S/C16H19Cl2N5.C11H7Cl2F3N4.C10H7Cl3N4/c1-10-14(11-7-12(17)9-13(18)8-11)15(19)21-16(20-10)23-5-3-22(2)4-6-23;12-4-1-2-6(13)5(3-4)7-8(11(14,15)16)19-10(18)20-9(7)17;11-4-1-5(8(13)7(12)2-4)6-3-16-10(15)17-9(6)14/h7-9H,3-6H2,1-2H3,(H2,19,20,21);1-3H,(H4,17,18,19,20);1-3H,(H4,14,15,16,17). The minimum atomic E-state index is -4.76. The molecule has 0 unspecified atom stereocenters. The van der Waals surface area contributed by atoms with E-state index >= 15 is 0 Å². The van der Waals surface area contributed by atoms with E-state index in [1.54, 1.807) is 18.2 Å². The van der Waals surface area contributed by atoms with Gasteiger partial charge in [0.2, 0.25) is 17.8 Å². The fraction of sp³-hybridized carbons (Fsp3) is 0.189. The summed E-state index contributed by atoms with van der Waals surface area (Å²) in [4.78, 5) is 28.1. The Labute approximate surface area is 376 Å². The van der Waals surface area contributed by atoms with Crippen LogP contribution in [0.4, 0.5) is 48.5 Å². The number of aryl methyl sites for hydroxylation is 1. The van der Waals surface area contributed by atoms with Gasteiger partial charge < -0.3 is 38.5 Å². The molecule has 0 radical (unpaired) electrons. The van der Waals surface area contributed by atoms with Gasteiger partial charge in [-0.15, -0.1) is 0 Å². The van der Waals surface area contributed by atoms with E-state index in [4.69, 9.17) is 110 Å². The molecular weight excluding hydrogens is 932 g/mol. The smallest absolute Gasteiger partial charge is 0.383 e. The third kappa shape index (κ3) is 11.4. The number of halogens is 10. The number of anilines is 6. The summed E-state index contributed by atoms with van der Waals surface area (Å²) < 4.78 is 39.1. The van der Waals surface area contributed by atoms with Crippen molar-refractivity contribution in [1.29, 1.82) is 0 Å². The van der Waals surface area contributed by atoms with Gasteiger partial charge in [0.1, 0.15) is 17.5 Å². The quantitative estimate of drug-likeness (QED) is 0.104. The zero-order chi connectivity index (χ0) is 44.2. The molecule has 60 heavy (non-hydrogen) atoms. The maximum atomic E-state index is 13.0. The molecule has 10 N–H and O–H groups in total. The van der Waals surface area contributed by atoms with Gasteiger partial charge in [0.05, 0.1) is 21.3 Å². The first-order chi connectivity index (χ1) is 28.1. The van der Waals surface area contributed by atoms with E-state index in [9.17, 15) is 13.2 Å². The summed E-state index contributed by atoms with van der Waals surface area (Å²) in [6.07, 6.45) is -3.28. The topological polar surface area (TPSA) is 214 Å². The van der Waals surface area contributed by atoms with Crippen LogP contribution in [0.3, 0.4) is 0 Å². The molecule has 0 atom stereocenters. The monoisotopic (exact) mass is 961 g/mol. The Morgan fingerprint density at radius 2 is 1.17 bits per heavy atom. The average Bonchev–Trinajstić information content (AvgIpc) is 3.14. The Hall–Kier alpha value is -4.52. The van der Waals surface area contributed by atoms with Crippen molar-refractivity contribution in [1.82, 2.24) is 34.8 Å². The molecule has 1 aliphatic rings. The van der Waals surface area contributed by atoms with Crippen LogP contribution in [-0.4, -0.2) is 68.0 Å². The first kappa shape index (κ1) is 46.5. The summed E-state index contributed by atoms with van der Waals surface area (Å²) in [6, 6.07) is 12.6. The Bertz CT molecular complexity index is 2500. The van der Waals surface area contributed by atoms with Crippen LogP contribution >= 0.6 is 81.2 Å². The molecule has 0 bridgehead atoms. The highest BCUT2D eigenvalue weighted by Crippen LogP contribution is 2.42. The van der Waals surface area contributed by atoms with Crippen molar-refractivity contribution in [2.24, 2.45) is 0 Å². The molecule has 0 aliphatic carbocycles. The van der Waals surface area contributed by atoms with Crippen LogP contribution in [-0.2, 0) is 6.18 Å². The minimum absolute atomic E-state index is 0.0102. The SMILES string of the molecule is Cc1nc(N2CCN(C)CC2)nc(N)c1-c1cc(Cl)cc(Cl)c1.Nc1nc(N)c(-c2cc(Cl)ccc2Cl)c(C(F)(F)F)n1.Nc1ncc(-c2cc(Cl)cc(Cl)c2Cl)c(N)n1. The van der Waals surface area contributed by atoms with E-state index in [-0.39, 0.29) is 27.4 Å². The number of aromatic nitrogens is 6. The number of benzene rings is 3. The van der Waals surface area contributed by atoms with Gasteiger partial charge in [-0.3, -0.25) is 0 Å². The summed E-state index contributed by atoms with van der Waals surface area (Å²) in [5.74, 6) is 0.452. The highest BCUT2D eigenvalue weighted by Gasteiger charge is 2.38. The summed E-state index contributed by atoms with van der Waals surface area (Å²) in [6.45, 7) is 5.72. The van der Waals surface area contributed by atoms with Crippen molar-refractivity contribution in [3.05, 3.63) is 101 Å². The summed E-state index contributed by atoms with van der Waals surface area (Å²) in [7, 11) is 2.11. The second-order valence-electron chi connectivity index (χ2n) is 12.9. The third-order valence-corrected chi connectivity index (χ3v) is 10.6. The highest BCUT2D eigenvalue weighted by atomic mass is 35.5. The van der Waals surface area contributed by atoms with Gasteiger partial charge in [-0.05, 0) is 68.1 Å². The van der Waals surface area contributed by atoms with Crippen LogP contribution in [0.5, 0.6) is 0 Å². The Kier molecular flexibility index (Phi) is 15.1. The molecule has 0 spiro atoms. The largest absolute Gasteiger partial charge is 0.434 e. The summed E-state index contributed by atoms with van der Waals surface area (Å²) >= 11 is 41.8. The van der Waals surface area contributed by atoms with E-state index in [0.717, 1.165) is 43.0 Å². The van der Waals surface area contributed by atoms with E-state index in [0.29, 0.717) is 48.0 Å². The van der Waals surface area contributed by atoms with Gasteiger partial charge in [-0.1, -0.05) is 81.2 Å². The average molecular weight is 965 g/mol. The van der Waals surface area contributed by atoms with Crippen molar-refractivity contribution in [3.63, 3.8) is 0 Å². The predicted molar refractivity (Wildman–Crippen MR) is 239 cm³/mol. The van der Waals surface area contributed by atoms with Crippen molar-refractivity contribution < 1.29 is 13.2 Å². The summed E-state index contributed by atoms with van der Waals surface area (Å²) in [5.41, 5.74) is 30.0. The second kappa shape index (κ2) is 19.5. The van der Waals surface area contributed by atoms with Gasteiger partial charge in [-0.25, -0.2) is 15.0 Å². The lowest BCUT2D eigenvalue weighted by Gasteiger charge is -2.32. The molecule has 0 saturated carbocycles. The van der Waals surface area contributed by atoms with Gasteiger partial charge in [0.15, 0.2) is 5.69 Å². The molecule has 13 nitrogen and oxygen atoms in total. The van der Waals surface area contributed by atoms with Gasteiger partial charge in [-0.2, -0.15) is 28.1 Å². The number of piperazine rings is 1. The lowest BCUT2D eigenvalue weighted by atomic mass is 10.0. The van der Waals surface area contributed by atoms with Crippen LogP contribution in [0.15, 0.2) is 54.7 Å². The molecule has 1 aliphatic heterocycles. The van der Waals surface area contributed by atoms with Crippen molar-refractivity contribution >= 4 is 117 Å². The number of nitrogens with zero attached hydrogens (tertiary/aromatic N) is 8. The Morgan fingerprint density at radius 1 is 0.583 bits per heavy atom. The molecule has 1 saturated heterocycles. The number of hydrogen-bond acceptors (Lipinski definition) is 13. The molecule has 4 heterocycles. The predicted octanol–water partition coefficient (Wildman–Crippen LogP) is 9.99. The maximum absolute atomic E-state index is 13.0. The number of nitrogens with two attached hydrogens (primary N) is 5. The van der Waals surface area contributed by atoms with Crippen LogP contribution < -0.4 is 33.6 Å². The lowest BCUT2D eigenvalue weighted by Crippen LogP contribution is -2.45. The third-order valence-electron chi connectivity index (χ3n) is 8.58. The maximum Gasteiger partial charge on any atom is 0.434 e. The number of alkyl halides is 3. The molecule has 6 aromatic rings. The van der Waals surface area contributed by atoms with Crippen LogP contribution in [0.1, 0.15) is 11.4 Å². The second-order valence-corrected chi connectivity index (χ2v) is 15.8. The van der Waals surface area contributed by atoms with E-state index in [2.05, 4.69) is 46.8 Å². The van der Waals surface area contributed by atoms with Gasteiger partial charge in [0.25, 0.3) is 0 Å². The first-order valence-electron chi connectivity index (χ1n) is 17.2. The fourth-order valence-corrected chi connectivity index (χ4v) is 7.42. The number of nitrogen functional groups attached to an aromatic ring is 5. The number of likely N-dealkylation sites (N-methyl/N-ethyl adjacent to an activating group) is 1. The highest BCUT2D eigenvalue weighted by molar-refractivity contribution is 6.45. The van der Waals surface area contributed by atoms with Crippen LogP contribution in [0.2, 0.25) is 35.2 Å². The van der Waals surface area contributed by atoms with E-state index in [1.807, 2.05) is 19.1 Å². The molecule has 0 amide bonds. The molecule has 1 fully saturated rings. The van der Waals surface area contributed by atoms with Gasteiger partial charge >= 0.3 is 6.18 Å². The summed E-state index contributed by atoms with van der Waals surface area (Å²) in [5, 5.41) is 2.50. The van der Waals surface area contributed by atoms with E-state index < -0.39 is 29.2 Å². The molecule has 316 valence electrons. The van der Waals surface area contributed by atoms with Crippen molar-refractivity contribution in [2.75, 3.05) is 66.8 Å². The lowest BCUT2D eigenvalue weighted by molar-refractivity contribution is -0.140. The minimum Gasteiger partial charge on any atom is -0.383 e. The van der Waals surface area contributed by atoms with E-state index in [1.165, 1.54) is 24.4 Å². The fourth-order valence-electron chi connectivity index (χ4n) is 5.81. The van der Waals surface area contributed by atoms with Crippen LogP contribution in [0, 0.1) is 6.92 Å². The number of hydrogen-bond donors (Lipinski definition) is 5. The van der Waals surface area contributed by atoms with Crippen LogP contribution in [0.25, 0.3) is 33.4 Å². The Morgan fingerprint density at radius 3 is 1.77 bits per heavy atom. The van der Waals surface area contributed by atoms with Crippen molar-refractivity contribution in [3.8, 4) is 33.4 Å². The number of rotatable bonds is 4. The molecule has 3 aromatic heterocycles. The van der Waals surface area contributed by atoms with Gasteiger partial charge in [0, 0.05) is 79.7 Å². The first-order valence-corrected chi connectivity index (χ1v) is 19.8. The molecular formula is C37H33Cl7F3N13. The molecule has 23 heteroatoms. The Balaban J connectivity index is 0.000000173.